The summed E-state index contributed by atoms with van der Waals surface area (Å²) in [7, 11) is 1.26. The molecule has 0 saturated carbocycles. The highest BCUT2D eigenvalue weighted by Gasteiger charge is 2.30. The van der Waals surface area contributed by atoms with Gasteiger partial charge in [-0.15, -0.1) is 0 Å². The molecule has 1 unspecified atom stereocenters. The van der Waals surface area contributed by atoms with Crippen molar-refractivity contribution < 1.29 is 27.8 Å². The van der Waals surface area contributed by atoms with Gasteiger partial charge in [0.25, 0.3) is 0 Å². The number of nitrogens with zero attached hydrogens (tertiary/aromatic N) is 2. The van der Waals surface area contributed by atoms with Crippen molar-refractivity contribution >= 4 is 17.6 Å². The van der Waals surface area contributed by atoms with Crippen LogP contribution >= 0.6 is 0 Å². The van der Waals surface area contributed by atoms with Gasteiger partial charge in [-0.25, -0.2) is 9.79 Å². The lowest BCUT2D eigenvalue weighted by atomic mass is 10.0. The SMILES string of the molecule is COC(=O)c1ccc(O)c(NC(=NCc2cccc(C(F)(F)F)c2)N2CCCCC2C)c1. The number of esters is 1. The Hall–Kier alpha value is -3.23. The monoisotopic (exact) mass is 449 g/mol. The molecule has 1 aliphatic rings. The van der Waals surface area contributed by atoms with Gasteiger partial charge in [0.15, 0.2) is 5.96 Å². The Balaban J connectivity index is 1.92. The summed E-state index contributed by atoms with van der Waals surface area (Å²) in [5.41, 5.74) is 0.191. The van der Waals surface area contributed by atoms with Crippen LogP contribution in [-0.4, -0.2) is 41.6 Å². The summed E-state index contributed by atoms with van der Waals surface area (Å²) in [6, 6.07) is 9.47. The van der Waals surface area contributed by atoms with E-state index in [0.29, 0.717) is 18.1 Å². The number of methoxy groups -OCH3 is 1. The fourth-order valence-corrected chi connectivity index (χ4v) is 3.63. The molecule has 1 heterocycles. The number of ether oxygens (including phenoxy) is 1. The maximum atomic E-state index is 13.1. The Kier molecular flexibility index (Phi) is 7.27. The number of hydrogen-bond donors (Lipinski definition) is 2. The number of carbonyl (C=O) groups excluding carboxylic acids is 1. The van der Waals surface area contributed by atoms with Crippen LogP contribution in [0.5, 0.6) is 5.75 Å². The average molecular weight is 449 g/mol. The van der Waals surface area contributed by atoms with Crippen LogP contribution in [0.2, 0.25) is 0 Å². The van der Waals surface area contributed by atoms with Gasteiger partial charge in [-0.3, -0.25) is 0 Å². The van der Waals surface area contributed by atoms with E-state index in [1.165, 1.54) is 31.4 Å². The smallest absolute Gasteiger partial charge is 0.416 e. The van der Waals surface area contributed by atoms with Crippen molar-refractivity contribution in [3.05, 3.63) is 59.2 Å². The van der Waals surface area contributed by atoms with Crippen LogP contribution < -0.4 is 5.32 Å². The molecule has 2 aromatic carbocycles. The van der Waals surface area contributed by atoms with Crippen molar-refractivity contribution in [2.24, 2.45) is 4.99 Å². The molecule has 1 saturated heterocycles. The number of likely N-dealkylation sites (tertiary alicyclic amines) is 1. The summed E-state index contributed by atoms with van der Waals surface area (Å²) < 4.78 is 43.9. The number of hydrogen-bond acceptors (Lipinski definition) is 4. The second-order valence-corrected chi connectivity index (χ2v) is 7.72. The number of aromatic hydroxyl groups is 1. The molecule has 3 rings (SSSR count). The van der Waals surface area contributed by atoms with Crippen molar-refractivity contribution in [3.8, 4) is 5.75 Å². The normalized spacial score (nSPS) is 17.2. The molecule has 0 radical (unpaired) electrons. The lowest BCUT2D eigenvalue weighted by Crippen LogP contribution is -2.45. The molecule has 32 heavy (non-hydrogen) atoms. The van der Waals surface area contributed by atoms with Crippen LogP contribution in [0.15, 0.2) is 47.5 Å². The number of guanidine groups is 1. The highest BCUT2D eigenvalue weighted by Crippen LogP contribution is 2.30. The van der Waals surface area contributed by atoms with Crippen LogP contribution in [0.25, 0.3) is 0 Å². The second-order valence-electron chi connectivity index (χ2n) is 7.72. The number of phenols is 1. The third-order valence-corrected chi connectivity index (χ3v) is 5.40. The highest BCUT2D eigenvalue weighted by atomic mass is 19.4. The fraction of sp³-hybridized carbons (Fsp3) is 0.391. The van der Waals surface area contributed by atoms with E-state index < -0.39 is 17.7 Å². The van der Waals surface area contributed by atoms with Crippen LogP contribution in [0, 0.1) is 0 Å². The number of aliphatic imine (C=N–C) groups is 1. The van der Waals surface area contributed by atoms with Gasteiger partial charge < -0.3 is 20.1 Å². The van der Waals surface area contributed by atoms with E-state index in [1.54, 1.807) is 6.07 Å². The minimum absolute atomic E-state index is 0.0208. The largest absolute Gasteiger partial charge is 0.506 e. The minimum atomic E-state index is -4.43. The maximum absolute atomic E-state index is 13.1. The maximum Gasteiger partial charge on any atom is 0.416 e. The van der Waals surface area contributed by atoms with Gasteiger partial charge in [0.1, 0.15) is 5.75 Å². The Morgan fingerprint density at radius 3 is 2.72 bits per heavy atom. The number of rotatable bonds is 4. The van der Waals surface area contributed by atoms with Gasteiger partial charge in [0.2, 0.25) is 0 Å². The third-order valence-electron chi connectivity index (χ3n) is 5.40. The van der Waals surface area contributed by atoms with E-state index in [0.717, 1.165) is 31.4 Å². The van der Waals surface area contributed by atoms with E-state index in [-0.39, 0.29) is 29.6 Å². The summed E-state index contributed by atoms with van der Waals surface area (Å²) in [5.74, 6) is -0.220. The zero-order chi connectivity index (χ0) is 23.3. The summed E-state index contributed by atoms with van der Waals surface area (Å²) in [6.07, 6.45) is -1.47. The van der Waals surface area contributed by atoms with Crippen molar-refractivity contribution in [3.63, 3.8) is 0 Å². The van der Waals surface area contributed by atoms with Crippen LogP contribution in [0.4, 0.5) is 18.9 Å². The van der Waals surface area contributed by atoms with Gasteiger partial charge in [-0.2, -0.15) is 13.2 Å². The first kappa shape index (κ1) is 23.4. The summed E-state index contributed by atoms with van der Waals surface area (Å²) in [4.78, 5) is 18.5. The van der Waals surface area contributed by atoms with Crippen LogP contribution in [-0.2, 0) is 17.5 Å². The molecule has 172 valence electrons. The number of carbonyl (C=O) groups is 1. The average Bonchev–Trinajstić information content (AvgIpc) is 2.77. The first-order chi connectivity index (χ1) is 15.2. The summed E-state index contributed by atoms with van der Waals surface area (Å²) in [5, 5.41) is 13.4. The van der Waals surface area contributed by atoms with Gasteiger partial charge in [0, 0.05) is 12.6 Å². The standard InChI is InChI=1S/C23H26F3N3O3/c1-15-6-3-4-11-29(15)22(27-14-16-7-5-8-18(12-16)23(24,25)26)28-19-13-17(21(31)32-2)9-10-20(19)30/h5,7-10,12-13,15,30H,3-4,6,11,14H2,1-2H3,(H,27,28). The molecular weight excluding hydrogens is 423 g/mol. The molecule has 0 aromatic heterocycles. The highest BCUT2D eigenvalue weighted by molar-refractivity contribution is 5.97. The molecule has 1 aliphatic heterocycles. The number of anilines is 1. The Morgan fingerprint density at radius 1 is 1.25 bits per heavy atom. The number of nitrogens with one attached hydrogen (secondary N) is 1. The van der Waals surface area contributed by atoms with Gasteiger partial charge >= 0.3 is 12.1 Å². The van der Waals surface area contributed by atoms with Crippen molar-refractivity contribution in [2.45, 2.75) is 44.9 Å². The number of alkyl halides is 3. The van der Waals surface area contributed by atoms with E-state index in [1.807, 2.05) is 11.8 Å². The van der Waals surface area contributed by atoms with Gasteiger partial charge in [0.05, 0.1) is 30.5 Å². The molecule has 2 aromatic rings. The zero-order valence-electron chi connectivity index (χ0n) is 17.9. The molecule has 0 aliphatic carbocycles. The van der Waals surface area contributed by atoms with Crippen LogP contribution in [0.3, 0.4) is 0 Å². The molecule has 1 atom stereocenters. The molecule has 2 N–H and O–H groups in total. The fourth-order valence-electron chi connectivity index (χ4n) is 3.63. The molecule has 9 heteroatoms. The van der Waals surface area contributed by atoms with E-state index in [9.17, 15) is 23.1 Å². The predicted octanol–water partition coefficient (Wildman–Crippen LogP) is 5.04. The molecule has 0 amide bonds. The molecular formula is C23H26F3N3O3. The lowest BCUT2D eigenvalue weighted by molar-refractivity contribution is -0.137. The second kappa shape index (κ2) is 9.93. The molecule has 1 fully saturated rings. The van der Waals surface area contributed by atoms with Gasteiger partial charge in [-0.1, -0.05) is 12.1 Å². The Bertz CT molecular complexity index is 992. The zero-order valence-corrected chi connectivity index (χ0v) is 17.9. The minimum Gasteiger partial charge on any atom is -0.506 e. The summed E-state index contributed by atoms with van der Waals surface area (Å²) in [6.45, 7) is 2.78. The number of benzene rings is 2. The quantitative estimate of drug-likeness (QED) is 0.296. The van der Waals surface area contributed by atoms with E-state index in [2.05, 4.69) is 10.3 Å². The Morgan fingerprint density at radius 2 is 2.03 bits per heavy atom. The number of piperidine rings is 1. The summed E-state index contributed by atoms with van der Waals surface area (Å²) >= 11 is 0. The first-order valence-electron chi connectivity index (χ1n) is 10.3. The number of phenolic OH excluding ortho intramolecular Hbond substituents is 1. The van der Waals surface area contributed by atoms with Crippen LogP contribution in [0.1, 0.15) is 47.7 Å². The Labute approximate surface area is 184 Å². The van der Waals surface area contributed by atoms with Gasteiger partial charge in [-0.05, 0) is 62.1 Å². The lowest BCUT2D eigenvalue weighted by Gasteiger charge is -2.36. The molecule has 0 spiro atoms. The van der Waals surface area contributed by atoms with E-state index in [4.69, 9.17) is 4.74 Å². The van der Waals surface area contributed by atoms with E-state index >= 15 is 0 Å². The number of halogens is 3. The van der Waals surface area contributed by atoms with Crippen molar-refractivity contribution in [1.82, 2.24) is 4.90 Å². The predicted molar refractivity (Wildman–Crippen MR) is 116 cm³/mol. The van der Waals surface area contributed by atoms with Crippen molar-refractivity contribution in [2.75, 3.05) is 19.0 Å². The van der Waals surface area contributed by atoms with Crippen molar-refractivity contribution in [1.29, 1.82) is 0 Å². The molecule has 6 nitrogen and oxygen atoms in total. The topological polar surface area (TPSA) is 74.2 Å². The molecule has 0 bridgehead atoms. The third kappa shape index (κ3) is 5.72. The first-order valence-corrected chi connectivity index (χ1v) is 10.3.